The van der Waals surface area contributed by atoms with Crippen LogP contribution in [-0.2, 0) is 0 Å². The Bertz CT molecular complexity index is 697. The fraction of sp³-hybridized carbons (Fsp3) is 0. The number of nitrogens with zero attached hydrogens (tertiary/aromatic N) is 1. The van der Waals surface area contributed by atoms with Gasteiger partial charge >= 0.3 is 11.3 Å². The second-order valence-electron chi connectivity index (χ2n) is 3.07. The fourth-order valence-electron chi connectivity index (χ4n) is 1.34. The molecule has 1 heterocycles. The highest BCUT2D eigenvalue weighted by Gasteiger charge is 2.24. The first-order valence-corrected chi connectivity index (χ1v) is 4.93. The van der Waals surface area contributed by atoms with Crippen molar-refractivity contribution in [1.29, 1.82) is 0 Å². The van der Waals surface area contributed by atoms with Crippen molar-refractivity contribution in [2.75, 3.05) is 0 Å². The summed E-state index contributed by atoms with van der Waals surface area (Å²) in [7, 11) is 0. The van der Waals surface area contributed by atoms with Crippen LogP contribution in [0.25, 0.3) is 11.0 Å². The lowest BCUT2D eigenvalue weighted by molar-refractivity contribution is -0.387. The Morgan fingerprint density at radius 1 is 1.35 bits per heavy atom. The Labute approximate surface area is 103 Å². The van der Waals surface area contributed by atoms with E-state index in [4.69, 9.17) is 23.2 Å². The van der Waals surface area contributed by atoms with Crippen LogP contribution >= 0.6 is 23.2 Å². The summed E-state index contributed by atoms with van der Waals surface area (Å²) in [6.45, 7) is 0. The molecule has 0 fully saturated rings. The Balaban J connectivity index is 3.02. The van der Waals surface area contributed by atoms with E-state index < -0.39 is 27.1 Å². The van der Waals surface area contributed by atoms with Crippen molar-refractivity contribution < 1.29 is 13.7 Å². The van der Waals surface area contributed by atoms with Crippen molar-refractivity contribution in [2.24, 2.45) is 0 Å². The molecule has 1 aromatic heterocycles. The number of halogens is 3. The maximum atomic E-state index is 13.1. The largest absolute Gasteiger partial charge is 0.417 e. The molecule has 17 heavy (non-hydrogen) atoms. The molecule has 0 unspecified atom stereocenters. The molecule has 0 aliphatic carbocycles. The van der Waals surface area contributed by atoms with Gasteiger partial charge in [0.2, 0.25) is 0 Å². The third-order valence-electron chi connectivity index (χ3n) is 2.02. The summed E-state index contributed by atoms with van der Waals surface area (Å²) in [4.78, 5) is 20.9. The van der Waals surface area contributed by atoms with Gasteiger partial charge in [0.25, 0.3) is 0 Å². The lowest BCUT2D eigenvalue weighted by Crippen LogP contribution is -2.07. The van der Waals surface area contributed by atoms with Gasteiger partial charge in [-0.2, -0.15) is 0 Å². The highest BCUT2D eigenvalue weighted by molar-refractivity contribution is 6.40. The molecule has 2 rings (SSSR count). The third kappa shape index (κ3) is 1.85. The van der Waals surface area contributed by atoms with E-state index >= 15 is 0 Å². The molecular formula is C9H2Cl2FNO4. The van der Waals surface area contributed by atoms with Gasteiger partial charge in [-0.05, 0) is 12.1 Å². The van der Waals surface area contributed by atoms with E-state index in [-0.39, 0.29) is 16.0 Å². The summed E-state index contributed by atoms with van der Waals surface area (Å²) in [5, 5.41) is 9.78. The van der Waals surface area contributed by atoms with Crippen LogP contribution in [0.5, 0.6) is 0 Å². The SMILES string of the molecule is O=c1oc2c(Cl)cc(F)cc2c(Cl)c1[N+](=O)[O-]. The minimum atomic E-state index is -1.24. The van der Waals surface area contributed by atoms with Crippen molar-refractivity contribution in [1.82, 2.24) is 0 Å². The van der Waals surface area contributed by atoms with Crippen molar-refractivity contribution in [3.63, 3.8) is 0 Å². The fourth-order valence-corrected chi connectivity index (χ4v) is 1.87. The average molecular weight is 278 g/mol. The number of fused-ring (bicyclic) bond motifs is 1. The standard InChI is InChI=1S/C9H2Cl2FNO4/c10-5-2-3(12)1-4-6(11)7(13(15)16)9(14)17-8(4)5/h1-2H. The molecule has 0 atom stereocenters. The quantitative estimate of drug-likeness (QED) is 0.456. The highest BCUT2D eigenvalue weighted by atomic mass is 35.5. The van der Waals surface area contributed by atoms with E-state index in [1.165, 1.54) is 0 Å². The van der Waals surface area contributed by atoms with Gasteiger partial charge in [-0.25, -0.2) is 9.18 Å². The molecule has 0 spiro atoms. The van der Waals surface area contributed by atoms with Gasteiger partial charge in [0, 0.05) is 5.39 Å². The number of hydrogen-bond acceptors (Lipinski definition) is 4. The Hall–Kier alpha value is -1.66. The van der Waals surface area contributed by atoms with Gasteiger partial charge < -0.3 is 4.42 Å². The second-order valence-corrected chi connectivity index (χ2v) is 3.86. The average Bonchev–Trinajstić information content (AvgIpc) is 2.19. The van der Waals surface area contributed by atoms with Gasteiger partial charge in [-0.15, -0.1) is 0 Å². The van der Waals surface area contributed by atoms with Crippen molar-refractivity contribution in [2.45, 2.75) is 0 Å². The maximum Gasteiger partial charge on any atom is 0.417 e. The topological polar surface area (TPSA) is 73.3 Å². The number of nitro groups is 1. The Kier molecular flexibility index (Phi) is 2.76. The zero-order valence-corrected chi connectivity index (χ0v) is 9.38. The molecule has 0 radical (unpaired) electrons. The van der Waals surface area contributed by atoms with Crippen molar-refractivity contribution in [3.8, 4) is 0 Å². The predicted molar refractivity (Wildman–Crippen MR) is 59.1 cm³/mol. The molecule has 0 saturated heterocycles. The van der Waals surface area contributed by atoms with Crippen LogP contribution in [0.4, 0.5) is 10.1 Å². The smallest absolute Gasteiger partial charge is 0.416 e. The highest BCUT2D eigenvalue weighted by Crippen LogP contribution is 2.33. The minimum absolute atomic E-state index is 0.122. The first-order valence-electron chi connectivity index (χ1n) is 4.17. The van der Waals surface area contributed by atoms with E-state index in [9.17, 15) is 19.3 Å². The lowest BCUT2D eigenvalue weighted by atomic mass is 10.2. The van der Waals surface area contributed by atoms with E-state index in [0.717, 1.165) is 12.1 Å². The zero-order chi connectivity index (χ0) is 12.7. The van der Waals surface area contributed by atoms with Crippen LogP contribution in [-0.4, -0.2) is 4.92 Å². The normalized spacial score (nSPS) is 10.8. The molecule has 0 N–H and O–H groups in total. The summed E-state index contributed by atoms with van der Waals surface area (Å²) in [5.41, 5.74) is -2.37. The molecule has 0 saturated carbocycles. The molecule has 0 bridgehead atoms. The van der Waals surface area contributed by atoms with Crippen LogP contribution in [0, 0.1) is 15.9 Å². The number of hydrogen-bond donors (Lipinski definition) is 0. The number of rotatable bonds is 1. The van der Waals surface area contributed by atoms with Crippen LogP contribution < -0.4 is 5.63 Å². The molecule has 1 aromatic carbocycles. The molecule has 0 aliphatic heterocycles. The molecule has 2 aromatic rings. The monoisotopic (exact) mass is 277 g/mol. The summed E-state index contributed by atoms with van der Waals surface area (Å²) < 4.78 is 17.7. The molecule has 88 valence electrons. The summed E-state index contributed by atoms with van der Waals surface area (Å²) in [6, 6.07) is 1.81. The van der Waals surface area contributed by atoms with E-state index in [1.54, 1.807) is 0 Å². The lowest BCUT2D eigenvalue weighted by Gasteiger charge is -2.02. The van der Waals surface area contributed by atoms with Gasteiger partial charge in [0.1, 0.15) is 10.8 Å². The van der Waals surface area contributed by atoms with E-state index in [0.29, 0.717) is 0 Å². The Morgan fingerprint density at radius 3 is 2.59 bits per heavy atom. The molecular weight excluding hydrogens is 276 g/mol. The van der Waals surface area contributed by atoms with Gasteiger partial charge in [0.05, 0.1) is 9.95 Å². The molecule has 8 heteroatoms. The maximum absolute atomic E-state index is 13.1. The molecule has 0 amide bonds. The van der Waals surface area contributed by atoms with Crippen molar-refractivity contribution in [3.05, 3.63) is 48.5 Å². The predicted octanol–water partition coefficient (Wildman–Crippen LogP) is 3.15. The Morgan fingerprint density at radius 2 is 2.00 bits per heavy atom. The third-order valence-corrected chi connectivity index (χ3v) is 2.69. The summed E-state index contributed by atoms with van der Waals surface area (Å²) >= 11 is 11.3. The van der Waals surface area contributed by atoms with Gasteiger partial charge in [-0.3, -0.25) is 10.1 Å². The molecule has 0 aliphatic rings. The minimum Gasteiger partial charge on any atom is -0.416 e. The van der Waals surface area contributed by atoms with Crippen LogP contribution in [0.3, 0.4) is 0 Å². The summed E-state index contributed by atoms with van der Waals surface area (Å²) in [6.07, 6.45) is 0. The summed E-state index contributed by atoms with van der Waals surface area (Å²) in [5.74, 6) is -0.743. The van der Waals surface area contributed by atoms with Crippen LogP contribution in [0.2, 0.25) is 10.0 Å². The van der Waals surface area contributed by atoms with Crippen LogP contribution in [0.15, 0.2) is 21.3 Å². The molecule has 5 nitrogen and oxygen atoms in total. The van der Waals surface area contributed by atoms with Crippen molar-refractivity contribution >= 4 is 39.9 Å². The van der Waals surface area contributed by atoms with E-state index in [2.05, 4.69) is 4.42 Å². The first-order chi connectivity index (χ1) is 7.91. The zero-order valence-electron chi connectivity index (χ0n) is 7.87. The number of benzene rings is 1. The van der Waals surface area contributed by atoms with E-state index in [1.807, 2.05) is 0 Å². The van der Waals surface area contributed by atoms with Gasteiger partial charge in [0.15, 0.2) is 5.58 Å². The van der Waals surface area contributed by atoms with Crippen LogP contribution in [0.1, 0.15) is 0 Å². The van der Waals surface area contributed by atoms with Gasteiger partial charge in [-0.1, -0.05) is 23.2 Å². The first kappa shape index (κ1) is 11.8. The second kappa shape index (κ2) is 3.97.